The number of imide groups is 1. The lowest BCUT2D eigenvalue weighted by Gasteiger charge is -2.09. The van der Waals surface area contributed by atoms with Gasteiger partial charge in [0.15, 0.2) is 0 Å². The second kappa shape index (κ2) is 4.26. The first-order valence-corrected chi connectivity index (χ1v) is 5.65. The van der Waals surface area contributed by atoms with Gasteiger partial charge in [0.25, 0.3) is 11.8 Å². The average Bonchev–Trinajstić information content (AvgIpc) is 2.94. The third-order valence-electron chi connectivity index (χ3n) is 2.86. The molecule has 0 saturated heterocycles. The molecule has 1 N–H and O–H groups in total. The minimum absolute atomic E-state index is 0.225. The molecule has 2 amide bonds. The third kappa shape index (κ3) is 1.74. The third-order valence-corrected chi connectivity index (χ3v) is 2.86. The fraction of sp³-hybridized carbons (Fsp3) is 0.0833. The van der Waals surface area contributed by atoms with Crippen molar-refractivity contribution in [3.05, 3.63) is 42.0 Å². The van der Waals surface area contributed by atoms with E-state index in [4.69, 9.17) is 5.11 Å². The highest BCUT2D eigenvalue weighted by molar-refractivity contribution is 6.34. The van der Waals surface area contributed by atoms with Gasteiger partial charge in [0.05, 0.1) is 23.0 Å². The monoisotopic (exact) mass is 272 g/mol. The molecule has 0 spiro atoms. The van der Waals surface area contributed by atoms with Crippen molar-refractivity contribution in [2.24, 2.45) is 0 Å². The van der Waals surface area contributed by atoms with Gasteiger partial charge in [-0.25, -0.2) is 4.90 Å². The van der Waals surface area contributed by atoms with E-state index < -0.39 is 17.8 Å². The summed E-state index contributed by atoms with van der Waals surface area (Å²) in [5, 5.41) is 12.5. The lowest BCUT2D eigenvalue weighted by Crippen LogP contribution is -2.29. The molecule has 0 fully saturated rings. The number of amides is 2. The maximum absolute atomic E-state index is 12.2. The number of carbonyl (C=O) groups excluding carboxylic acids is 2. The van der Waals surface area contributed by atoms with E-state index >= 15 is 0 Å². The van der Waals surface area contributed by atoms with Crippen molar-refractivity contribution in [2.75, 3.05) is 4.90 Å². The molecule has 2 aromatic heterocycles. The van der Waals surface area contributed by atoms with Crippen LogP contribution in [0.1, 0.15) is 20.7 Å². The minimum atomic E-state index is -1.06. The Kier molecular flexibility index (Phi) is 2.56. The van der Waals surface area contributed by atoms with Crippen molar-refractivity contribution < 1.29 is 19.5 Å². The molecular formula is C12H8N4O4. The van der Waals surface area contributed by atoms with Crippen molar-refractivity contribution in [1.82, 2.24) is 14.8 Å². The number of aromatic nitrogens is 3. The molecule has 0 atom stereocenters. The second-order valence-corrected chi connectivity index (χ2v) is 4.16. The molecule has 8 nitrogen and oxygen atoms in total. The molecule has 1 aliphatic rings. The van der Waals surface area contributed by atoms with Gasteiger partial charge in [-0.15, -0.1) is 0 Å². The average molecular weight is 272 g/mol. The van der Waals surface area contributed by atoms with Gasteiger partial charge in [-0.05, 0) is 6.07 Å². The maximum atomic E-state index is 12.2. The number of carbonyl (C=O) groups is 3. The molecule has 3 rings (SSSR count). The lowest BCUT2D eigenvalue weighted by molar-refractivity contribution is -0.137. The standard InChI is InChI=1S/C12H8N4O4/c17-10(18)6-15-5-7(3-14-15)16-11(19)8-1-2-13-4-9(8)12(16)20/h1-5H,6H2,(H,17,18). The molecule has 2 aromatic rings. The maximum Gasteiger partial charge on any atom is 0.325 e. The Labute approximate surface area is 112 Å². The molecule has 0 saturated carbocycles. The number of aliphatic carboxylic acids is 1. The Balaban J connectivity index is 1.96. The van der Waals surface area contributed by atoms with E-state index in [1.807, 2.05) is 0 Å². The summed E-state index contributed by atoms with van der Waals surface area (Å²) in [5.74, 6) is -2.03. The summed E-state index contributed by atoms with van der Waals surface area (Å²) >= 11 is 0. The molecule has 100 valence electrons. The SMILES string of the molecule is O=C(O)Cn1cc(N2C(=O)c3ccncc3C2=O)cn1. The molecule has 0 aromatic carbocycles. The lowest BCUT2D eigenvalue weighted by atomic mass is 10.2. The van der Waals surface area contributed by atoms with Crippen molar-refractivity contribution >= 4 is 23.5 Å². The van der Waals surface area contributed by atoms with E-state index in [0.717, 1.165) is 9.58 Å². The number of anilines is 1. The number of carboxylic acid groups (broad SMARTS) is 1. The number of fused-ring (bicyclic) bond motifs is 1. The summed E-state index contributed by atoms with van der Waals surface area (Å²) in [4.78, 5) is 39.7. The summed E-state index contributed by atoms with van der Waals surface area (Å²) in [7, 11) is 0. The number of rotatable bonds is 3. The highest BCUT2D eigenvalue weighted by atomic mass is 16.4. The summed E-state index contributed by atoms with van der Waals surface area (Å²) in [6, 6.07) is 1.47. The van der Waals surface area contributed by atoms with Crippen LogP contribution in [0.4, 0.5) is 5.69 Å². The minimum Gasteiger partial charge on any atom is -0.480 e. The number of carboxylic acids is 1. The normalized spacial score (nSPS) is 13.7. The Morgan fingerprint density at radius 3 is 2.65 bits per heavy atom. The molecule has 0 aliphatic carbocycles. The van der Waals surface area contributed by atoms with Crippen molar-refractivity contribution in [1.29, 1.82) is 0 Å². The molecule has 0 radical (unpaired) electrons. The quantitative estimate of drug-likeness (QED) is 0.798. The zero-order valence-corrected chi connectivity index (χ0v) is 10.1. The van der Waals surface area contributed by atoms with Crippen LogP contribution in [0.15, 0.2) is 30.9 Å². The van der Waals surface area contributed by atoms with Crippen LogP contribution < -0.4 is 4.90 Å². The van der Waals surface area contributed by atoms with Crippen LogP contribution in [0, 0.1) is 0 Å². The van der Waals surface area contributed by atoms with Crippen LogP contribution >= 0.6 is 0 Å². The highest BCUT2D eigenvalue weighted by Gasteiger charge is 2.37. The molecular weight excluding hydrogens is 264 g/mol. The Morgan fingerprint density at radius 2 is 1.95 bits per heavy atom. The van der Waals surface area contributed by atoms with Gasteiger partial charge in [0.1, 0.15) is 6.54 Å². The predicted octanol–water partition coefficient (Wildman–Crippen LogP) is 0.163. The van der Waals surface area contributed by atoms with Crippen LogP contribution in [0.3, 0.4) is 0 Å². The van der Waals surface area contributed by atoms with E-state index in [2.05, 4.69) is 10.1 Å². The molecule has 20 heavy (non-hydrogen) atoms. The van der Waals surface area contributed by atoms with Crippen LogP contribution in [-0.2, 0) is 11.3 Å². The van der Waals surface area contributed by atoms with Crippen LogP contribution in [0.2, 0.25) is 0 Å². The molecule has 8 heteroatoms. The Hall–Kier alpha value is -3.03. The number of hydrogen-bond acceptors (Lipinski definition) is 5. The first-order chi connectivity index (χ1) is 9.58. The number of hydrogen-bond donors (Lipinski definition) is 1. The van der Waals surface area contributed by atoms with E-state index in [9.17, 15) is 14.4 Å². The fourth-order valence-corrected chi connectivity index (χ4v) is 2.01. The van der Waals surface area contributed by atoms with E-state index in [0.29, 0.717) is 0 Å². The second-order valence-electron chi connectivity index (χ2n) is 4.16. The van der Waals surface area contributed by atoms with Gasteiger partial charge in [0, 0.05) is 18.6 Å². The van der Waals surface area contributed by atoms with Crippen LogP contribution in [0.25, 0.3) is 0 Å². The molecule has 0 unspecified atom stereocenters. The largest absolute Gasteiger partial charge is 0.480 e. The smallest absolute Gasteiger partial charge is 0.325 e. The van der Waals surface area contributed by atoms with Crippen molar-refractivity contribution in [3.63, 3.8) is 0 Å². The van der Waals surface area contributed by atoms with Crippen molar-refractivity contribution in [3.8, 4) is 0 Å². The molecule has 1 aliphatic heterocycles. The van der Waals surface area contributed by atoms with Crippen LogP contribution in [0.5, 0.6) is 0 Å². The van der Waals surface area contributed by atoms with Gasteiger partial charge >= 0.3 is 5.97 Å². The Bertz CT molecular complexity index is 702. The van der Waals surface area contributed by atoms with Crippen molar-refractivity contribution in [2.45, 2.75) is 6.54 Å². The topological polar surface area (TPSA) is 105 Å². The number of nitrogens with zero attached hydrogens (tertiary/aromatic N) is 4. The first-order valence-electron chi connectivity index (χ1n) is 5.65. The van der Waals surface area contributed by atoms with E-state index in [1.165, 1.54) is 30.9 Å². The summed E-state index contributed by atoms with van der Waals surface area (Å²) in [5.41, 5.74) is 0.733. The predicted molar refractivity (Wildman–Crippen MR) is 65.2 cm³/mol. The van der Waals surface area contributed by atoms with Gasteiger partial charge in [-0.1, -0.05) is 0 Å². The molecule has 0 bridgehead atoms. The summed E-state index contributed by atoms with van der Waals surface area (Å²) < 4.78 is 1.14. The first kappa shape index (κ1) is 12.0. The molecule has 3 heterocycles. The number of pyridine rings is 1. The van der Waals surface area contributed by atoms with E-state index in [-0.39, 0.29) is 23.4 Å². The van der Waals surface area contributed by atoms with Gasteiger partial charge in [-0.2, -0.15) is 5.10 Å². The van der Waals surface area contributed by atoms with Gasteiger partial charge in [0.2, 0.25) is 0 Å². The zero-order chi connectivity index (χ0) is 14.3. The zero-order valence-electron chi connectivity index (χ0n) is 10.1. The summed E-state index contributed by atoms with van der Waals surface area (Å²) in [6.07, 6.45) is 5.37. The van der Waals surface area contributed by atoms with E-state index in [1.54, 1.807) is 0 Å². The Morgan fingerprint density at radius 1 is 1.20 bits per heavy atom. The van der Waals surface area contributed by atoms with Crippen LogP contribution in [-0.4, -0.2) is 37.7 Å². The highest BCUT2D eigenvalue weighted by Crippen LogP contribution is 2.27. The fourth-order valence-electron chi connectivity index (χ4n) is 2.01. The van der Waals surface area contributed by atoms with Gasteiger partial charge < -0.3 is 5.11 Å². The van der Waals surface area contributed by atoms with Gasteiger partial charge in [-0.3, -0.25) is 24.0 Å². The summed E-state index contributed by atoms with van der Waals surface area (Å²) in [6.45, 7) is -0.343.